The Morgan fingerprint density at radius 3 is 2.38 bits per heavy atom. The lowest BCUT2D eigenvalue weighted by Crippen LogP contribution is -2.59. The molecule has 0 aromatic carbocycles. The minimum atomic E-state index is -0.871. The van der Waals surface area contributed by atoms with Gasteiger partial charge >= 0.3 is 6.03 Å². The van der Waals surface area contributed by atoms with Gasteiger partial charge in [-0.1, -0.05) is 41.0 Å². The molecule has 4 aliphatic rings. The lowest BCUT2D eigenvalue weighted by atomic mass is 9.67. The van der Waals surface area contributed by atoms with Gasteiger partial charge in [-0.15, -0.1) is 0 Å². The van der Waals surface area contributed by atoms with Crippen molar-refractivity contribution in [2.24, 2.45) is 33.7 Å². The minimum absolute atomic E-state index is 0.00278. The molecule has 4 fully saturated rings. The van der Waals surface area contributed by atoms with E-state index in [4.69, 9.17) is 0 Å². The Bertz CT molecular complexity index is 779. The molecular formula is C22H34N4O3. The standard InChI is InChI=1S/C22H34N4O3/c1-13-7-6-8-14(2)22(13)18(28)26(19(29)23-22)12-17(27)25-24-16-11-15-9-10-21(16,5)20(15,3)4/h13-15H,6-12H2,1-5H3,(H,23,29)(H,25,27)/b24-16+. The average Bonchev–Trinajstić information content (AvgIpc) is 3.11. The Balaban J connectivity index is 1.44. The van der Waals surface area contributed by atoms with Crippen molar-refractivity contribution >= 4 is 23.6 Å². The highest BCUT2D eigenvalue weighted by Gasteiger charge is 2.60. The quantitative estimate of drug-likeness (QED) is 0.561. The maximum atomic E-state index is 13.2. The van der Waals surface area contributed by atoms with Crippen LogP contribution in [0.4, 0.5) is 4.79 Å². The lowest BCUT2D eigenvalue weighted by molar-refractivity contribution is -0.139. The van der Waals surface area contributed by atoms with E-state index in [0.29, 0.717) is 5.92 Å². The summed E-state index contributed by atoms with van der Waals surface area (Å²) < 4.78 is 0. The molecule has 2 N–H and O–H groups in total. The number of fused-ring (bicyclic) bond motifs is 2. The van der Waals surface area contributed by atoms with E-state index < -0.39 is 17.5 Å². The molecule has 29 heavy (non-hydrogen) atoms. The third-order valence-electron chi connectivity index (χ3n) is 9.12. The number of imide groups is 1. The van der Waals surface area contributed by atoms with Crippen LogP contribution in [0.5, 0.6) is 0 Å². The van der Waals surface area contributed by atoms with Crippen LogP contribution in [0.3, 0.4) is 0 Å². The van der Waals surface area contributed by atoms with Gasteiger partial charge in [0.25, 0.3) is 11.8 Å². The van der Waals surface area contributed by atoms with E-state index in [-0.39, 0.29) is 35.1 Å². The summed E-state index contributed by atoms with van der Waals surface area (Å²) in [4.78, 5) is 39.4. The van der Waals surface area contributed by atoms with Gasteiger partial charge in [0.2, 0.25) is 0 Å². The van der Waals surface area contributed by atoms with E-state index in [1.54, 1.807) is 0 Å². The van der Waals surface area contributed by atoms with Gasteiger partial charge in [-0.3, -0.25) is 14.5 Å². The van der Waals surface area contributed by atoms with Crippen LogP contribution in [0.1, 0.15) is 73.1 Å². The van der Waals surface area contributed by atoms with Crippen LogP contribution in [0.25, 0.3) is 0 Å². The molecule has 1 heterocycles. The van der Waals surface area contributed by atoms with Crippen LogP contribution in [-0.4, -0.2) is 40.5 Å². The molecule has 4 amide bonds. The van der Waals surface area contributed by atoms with Gasteiger partial charge < -0.3 is 5.32 Å². The first-order chi connectivity index (χ1) is 13.5. The molecule has 2 bridgehead atoms. The molecular weight excluding hydrogens is 368 g/mol. The number of nitrogens with zero attached hydrogens (tertiary/aromatic N) is 2. The predicted molar refractivity (Wildman–Crippen MR) is 110 cm³/mol. The zero-order valence-corrected chi connectivity index (χ0v) is 18.3. The van der Waals surface area contributed by atoms with E-state index in [0.717, 1.165) is 42.7 Å². The highest BCUT2D eigenvalue weighted by atomic mass is 16.2. The fourth-order valence-electron chi connectivity index (χ4n) is 6.50. The largest absolute Gasteiger partial charge is 0.325 e. The van der Waals surface area contributed by atoms with Gasteiger partial charge in [0, 0.05) is 11.1 Å². The molecule has 0 radical (unpaired) electrons. The number of carbonyl (C=O) groups is 3. The van der Waals surface area contributed by atoms with Crippen molar-refractivity contribution in [1.29, 1.82) is 0 Å². The monoisotopic (exact) mass is 402 g/mol. The van der Waals surface area contributed by atoms with Crippen LogP contribution >= 0.6 is 0 Å². The number of hydrogen-bond donors (Lipinski definition) is 2. The normalized spacial score (nSPS) is 42.0. The molecule has 7 heteroatoms. The molecule has 4 rings (SSSR count). The van der Waals surface area contributed by atoms with Gasteiger partial charge in [0.1, 0.15) is 12.1 Å². The third kappa shape index (κ3) is 2.68. The second-order valence-corrected chi connectivity index (χ2v) is 10.5. The highest BCUT2D eigenvalue weighted by Crippen LogP contribution is 2.63. The molecule has 0 aromatic heterocycles. The van der Waals surface area contributed by atoms with Crippen molar-refractivity contribution in [3.05, 3.63) is 0 Å². The molecule has 3 saturated carbocycles. The zero-order chi connectivity index (χ0) is 21.2. The second kappa shape index (κ2) is 6.54. The maximum absolute atomic E-state index is 13.2. The number of carbonyl (C=O) groups excluding carboxylic acids is 3. The first-order valence-electron chi connectivity index (χ1n) is 11.0. The Hall–Kier alpha value is -1.92. The SMILES string of the molecule is CC1CCCC(C)C12NC(=O)N(CC(=O)N/N=C1\CC3CCC1(C)C3(C)C)C2=O. The number of amides is 4. The van der Waals surface area contributed by atoms with Crippen LogP contribution in [0.2, 0.25) is 0 Å². The van der Waals surface area contributed by atoms with Crippen molar-refractivity contribution in [2.45, 2.75) is 78.7 Å². The Labute approximate surface area is 173 Å². The number of hydrazone groups is 1. The van der Waals surface area contributed by atoms with Gasteiger partial charge in [-0.2, -0.15) is 5.10 Å². The van der Waals surface area contributed by atoms with Gasteiger partial charge in [0.15, 0.2) is 0 Å². The van der Waals surface area contributed by atoms with Gasteiger partial charge in [-0.05, 0) is 55.3 Å². The van der Waals surface area contributed by atoms with Gasteiger partial charge in [-0.25, -0.2) is 10.2 Å². The first kappa shape index (κ1) is 20.4. The van der Waals surface area contributed by atoms with Crippen LogP contribution < -0.4 is 10.7 Å². The Kier molecular flexibility index (Phi) is 4.59. The summed E-state index contributed by atoms with van der Waals surface area (Å²) in [5, 5.41) is 7.38. The van der Waals surface area contributed by atoms with Crippen molar-refractivity contribution in [1.82, 2.24) is 15.6 Å². The van der Waals surface area contributed by atoms with E-state index in [2.05, 4.69) is 36.6 Å². The summed E-state index contributed by atoms with van der Waals surface area (Å²) in [7, 11) is 0. The fourth-order valence-corrected chi connectivity index (χ4v) is 6.50. The highest BCUT2D eigenvalue weighted by molar-refractivity contribution is 6.09. The maximum Gasteiger partial charge on any atom is 0.325 e. The molecule has 4 unspecified atom stereocenters. The molecule has 7 nitrogen and oxygen atoms in total. The van der Waals surface area contributed by atoms with Crippen molar-refractivity contribution in [3.63, 3.8) is 0 Å². The van der Waals surface area contributed by atoms with E-state index >= 15 is 0 Å². The Morgan fingerprint density at radius 1 is 1.17 bits per heavy atom. The summed E-state index contributed by atoms with van der Waals surface area (Å²) in [6.45, 7) is 10.6. The topological polar surface area (TPSA) is 90.9 Å². The summed E-state index contributed by atoms with van der Waals surface area (Å²) in [5.41, 5.74) is 2.98. The molecule has 4 atom stereocenters. The van der Waals surface area contributed by atoms with E-state index in [1.807, 2.05) is 13.8 Å². The zero-order valence-electron chi connectivity index (χ0n) is 18.3. The summed E-state index contributed by atoms with van der Waals surface area (Å²) >= 11 is 0. The number of nitrogens with one attached hydrogen (secondary N) is 2. The van der Waals surface area contributed by atoms with Crippen LogP contribution in [-0.2, 0) is 9.59 Å². The number of hydrogen-bond acceptors (Lipinski definition) is 4. The summed E-state index contributed by atoms with van der Waals surface area (Å²) in [6, 6.07) is -0.466. The predicted octanol–water partition coefficient (Wildman–Crippen LogP) is 3.05. The lowest BCUT2D eigenvalue weighted by Gasteiger charge is -2.42. The average molecular weight is 403 g/mol. The van der Waals surface area contributed by atoms with Crippen LogP contribution in [0, 0.1) is 28.6 Å². The smallest absolute Gasteiger partial charge is 0.323 e. The molecule has 1 saturated heterocycles. The van der Waals surface area contributed by atoms with Crippen molar-refractivity contribution < 1.29 is 14.4 Å². The summed E-state index contributed by atoms with van der Waals surface area (Å²) in [5.74, 6) is 0.0408. The van der Waals surface area contributed by atoms with Crippen molar-refractivity contribution in [2.75, 3.05) is 6.54 Å². The summed E-state index contributed by atoms with van der Waals surface area (Å²) in [6.07, 6.45) is 6.06. The van der Waals surface area contributed by atoms with Gasteiger partial charge in [0.05, 0.1) is 0 Å². The van der Waals surface area contributed by atoms with Crippen molar-refractivity contribution in [3.8, 4) is 0 Å². The Morgan fingerprint density at radius 2 is 1.83 bits per heavy atom. The van der Waals surface area contributed by atoms with E-state index in [1.165, 1.54) is 6.42 Å². The molecule has 1 spiro atoms. The first-order valence-corrected chi connectivity index (χ1v) is 11.0. The molecule has 0 aromatic rings. The molecule has 3 aliphatic carbocycles. The van der Waals surface area contributed by atoms with Crippen LogP contribution in [0.15, 0.2) is 5.10 Å². The minimum Gasteiger partial charge on any atom is -0.323 e. The second-order valence-electron chi connectivity index (χ2n) is 10.5. The fraction of sp³-hybridized carbons (Fsp3) is 0.818. The van der Waals surface area contributed by atoms with E-state index in [9.17, 15) is 14.4 Å². The third-order valence-corrected chi connectivity index (χ3v) is 9.12. The molecule has 160 valence electrons. The molecule has 1 aliphatic heterocycles. The number of rotatable bonds is 3. The number of urea groups is 1.